The highest BCUT2D eigenvalue weighted by Crippen LogP contribution is 2.10. The van der Waals surface area contributed by atoms with Crippen molar-refractivity contribution in [2.75, 3.05) is 6.61 Å². The van der Waals surface area contributed by atoms with Gasteiger partial charge in [0, 0.05) is 11.6 Å². The smallest absolute Gasteiger partial charge is 0.307 e. The Balaban J connectivity index is 2.02. The number of aryl methyl sites for hydroxylation is 1. The fourth-order valence-electron chi connectivity index (χ4n) is 1.57. The lowest BCUT2D eigenvalue weighted by Crippen LogP contribution is -2.09. The highest BCUT2D eigenvalue weighted by Gasteiger charge is 2.04. The molecule has 0 aliphatic rings. The van der Waals surface area contributed by atoms with E-state index in [2.05, 4.69) is 5.10 Å². The Kier molecular flexibility index (Phi) is 3.19. The van der Waals surface area contributed by atoms with Crippen LogP contribution in [0.4, 0.5) is 0 Å². The number of ether oxygens (including phenoxy) is 1. The molecule has 0 N–H and O–H groups in total. The first-order chi connectivity index (χ1) is 7.79. The molecule has 0 unspecified atom stereocenters. The molecule has 0 spiro atoms. The van der Waals surface area contributed by atoms with Gasteiger partial charge in [-0.1, -0.05) is 18.2 Å². The number of rotatable bonds is 4. The molecule has 1 heterocycles. The third kappa shape index (κ3) is 2.39. The van der Waals surface area contributed by atoms with Gasteiger partial charge in [-0.3, -0.25) is 9.48 Å². The molecule has 0 fully saturated rings. The second kappa shape index (κ2) is 4.79. The van der Waals surface area contributed by atoms with Crippen LogP contribution in [0.15, 0.2) is 30.5 Å². The monoisotopic (exact) mass is 218 g/mol. The molecule has 0 radical (unpaired) electrons. The predicted molar refractivity (Wildman–Crippen MR) is 61.0 cm³/mol. The molecule has 4 nitrogen and oxygen atoms in total. The van der Waals surface area contributed by atoms with E-state index in [0.717, 1.165) is 10.9 Å². The highest BCUT2D eigenvalue weighted by molar-refractivity contribution is 5.77. The van der Waals surface area contributed by atoms with Crippen molar-refractivity contribution in [2.45, 2.75) is 19.9 Å². The molecular formula is C12H14N2O2. The van der Waals surface area contributed by atoms with E-state index in [0.29, 0.717) is 19.6 Å². The first kappa shape index (κ1) is 10.7. The standard InChI is InChI=1S/C12H14N2O2/c1-2-16-12(15)7-8-14-9-10-5-3-4-6-11(10)13-14/h3-6,9H,2,7-8H2,1H3. The Morgan fingerprint density at radius 3 is 3.00 bits per heavy atom. The van der Waals surface area contributed by atoms with E-state index in [-0.39, 0.29) is 5.97 Å². The maximum absolute atomic E-state index is 11.2. The molecule has 0 saturated heterocycles. The number of fused-ring (bicyclic) bond motifs is 1. The van der Waals surface area contributed by atoms with Crippen LogP contribution in [-0.4, -0.2) is 22.4 Å². The van der Waals surface area contributed by atoms with Gasteiger partial charge >= 0.3 is 5.97 Å². The predicted octanol–water partition coefficient (Wildman–Crippen LogP) is 1.99. The molecule has 4 heteroatoms. The molecule has 16 heavy (non-hydrogen) atoms. The van der Waals surface area contributed by atoms with Gasteiger partial charge in [0.25, 0.3) is 0 Å². The number of benzene rings is 1. The zero-order valence-electron chi connectivity index (χ0n) is 9.22. The normalized spacial score (nSPS) is 10.6. The van der Waals surface area contributed by atoms with Crippen LogP contribution in [0.3, 0.4) is 0 Å². The summed E-state index contributed by atoms with van der Waals surface area (Å²) < 4.78 is 6.64. The van der Waals surface area contributed by atoms with Crippen LogP contribution in [0.1, 0.15) is 13.3 Å². The number of aromatic nitrogens is 2. The third-order valence-corrected chi connectivity index (χ3v) is 2.31. The average Bonchev–Trinajstić information content (AvgIpc) is 2.69. The molecule has 0 saturated carbocycles. The fraction of sp³-hybridized carbons (Fsp3) is 0.333. The van der Waals surface area contributed by atoms with Crippen LogP contribution in [-0.2, 0) is 16.1 Å². The van der Waals surface area contributed by atoms with Crippen molar-refractivity contribution in [3.8, 4) is 0 Å². The molecule has 2 aromatic rings. The van der Waals surface area contributed by atoms with E-state index in [1.165, 1.54) is 0 Å². The highest BCUT2D eigenvalue weighted by atomic mass is 16.5. The molecule has 0 bridgehead atoms. The Labute approximate surface area is 93.8 Å². The molecule has 0 aliphatic heterocycles. The minimum absolute atomic E-state index is 0.179. The topological polar surface area (TPSA) is 44.1 Å². The van der Waals surface area contributed by atoms with Crippen molar-refractivity contribution in [1.29, 1.82) is 0 Å². The SMILES string of the molecule is CCOC(=O)CCn1cc2ccccc2n1. The molecule has 1 aromatic heterocycles. The second-order valence-corrected chi connectivity index (χ2v) is 3.51. The van der Waals surface area contributed by atoms with Gasteiger partial charge in [0.1, 0.15) is 0 Å². The lowest BCUT2D eigenvalue weighted by Gasteiger charge is -2.01. The zero-order valence-corrected chi connectivity index (χ0v) is 9.22. The summed E-state index contributed by atoms with van der Waals surface area (Å²) in [5, 5.41) is 5.44. The van der Waals surface area contributed by atoms with Gasteiger partial charge in [-0.25, -0.2) is 0 Å². The van der Waals surface area contributed by atoms with Crippen LogP contribution >= 0.6 is 0 Å². The van der Waals surface area contributed by atoms with Crippen molar-refractivity contribution < 1.29 is 9.53 Å². The van der Waals surface area contributed by atoms with E-state index >= 15 is 0 Å². The molecular weight excluding hydrogens is 204 g/mol. The van der Waals surface area contributed by atoms with Crippen LogP contribution in [0.2, 0.25) is 0 Å². The van der Waals surface area contributed by atoms with E-state index in [9.17, 15) is 4.79 Å². The third-order valence-electron chi connectivity index (χ3n) is 2.31. The Morgan fingerprint density at radius 2 is 2.25 bits per heavy atom. The largest absolute Gasteiger partial charge is 0.466 e. The van der Waals surface area contributed by atoms with Crippen LogP contribution < -0.4 is 0 Å². The fourth-order valence-corrected chi connectivity index (χ4v) is 1.57. The molecule has 84 valence electrons. The van der Waals surface area contributed by atoms with Gasteiger partial charge in [0.2, 0.25) is 0 Å². The van der Waals surface area contributed by atoms with E-state index in [4.69, 9.17) is 4.74 Å². The average molecular weight is 218 g/mol. The molecule has 0 atom stereocenters. The maximum Gasteiger partial charge on any atom is 0.307 e. The molecule has 2 rings (SSSR count). The van der Waals surface area contributed by atoms with Gasteiger partial charge in [-0.05, 0) is 13.0 Å². The van der Waals surface area contributed by atoms with Crippen molar-refractivity contribution in [2.24, 2.45) is 0 Å². The van der Waals surface area contributed by atoms with E-state index < -0.39 is 0 Å². The summed E-state index contributed by atoms with van der Waals surface area (Å²) in [7, 11) is 0. The first-order valence-corrected chi connectivity index (χ1v) is 5.37. The number of esters is 1. The van der Waals surface area contributed by atoms with Crippen molar-refractivity contribution >= 4 is 16.9 Å². The lowest BCUT2D eigenvalue weighted by atomic mass is 10.3. The second-order valence-electron chi connectivity index (χ2n) is 3.51. The summed E-state index contributed by atoms with van der Waals surface area (Å²) in [6.45, 7) is 2.80. The van der Waals surface area contributed by atoms with E-state index in [1.807, 2.05) is 30.5 Å². The summed E-state index contributed by atoms with van der Waals surface area (Å²) >= 11 is 0. The van der Waals surface area contributed by atoms with Crippen LogP contribution in [0.25, 0.3) is 10.9 Å². The van der Waals surface area contributed by atoms with E-state index in [1.54, 1.807) is 11.6 Å². The Bertz CT molecular complexity index is 457. The summed E-state index contributed by atoms with van der Waals surface area (Å²) in [5.74, 6) is -0.179. The van der Waals surface area contributed by atoms with Gasteiger partial charge in [-0.15, -0.1) is 0 Å². The minimum Gasteiger partial charge on any atom is -0.466 e. The van der Waals surface area contributed by atoms with Gasteiger partial charge in [-0.2, -0.15) is 5.10 Å². The zero-order chi connectivity index (χ0) is 11.4. The quantitative estimate of drug-likeness (QED) is 0.737. The number of carbonyl (C=O) groups excluding carboxylic acids is 1. The summed E-state index contributed by atoms with van der Waals surface area (Å²) in [6, 6.07) is 7.88. The molecule has 1 aromatic carbocycles. The number of hydrogen-bond acceptors (Lipinski definition) is 3. The van der Waals surface area contributed by atoms with Gasteiger partial charge in [0.15, 0.2) is 0 Å². The summed E-state index contributed by atoms with van der Waals surface area (Å²) in [5.41, 5.74) is 0.950. The summed E-state index contributed by atoms with van der Waals surface area (Å²) in [6.07, 6.45) is 2.30. The van der Waals surface area contributed by atoms with Crippen molar-refractivity contribution in [3.05, 3.63) is 30.5 Å². The Hall–Kier alpha value is -1.84. The number of carbonyl (C=O) groups is 1. The number of nitrogens with zero attached hydrogens (tertiary/aromatic N) is 2. The lowest BCUT2D eigenvalue weighted by molar-refractivity contribution is -0.143. The molecule has 0 aliphatic carbocycles. The van der Waals surface area contributed by atoms with Crippen LogP contribution in [0, 0.1) is 0 Å². The number of hydrogen-bond donors (Lipinski definition) is 0. The first-order valence-electron chi connectivity index (χ1n) is 5.37. The van der Waals surface area contributed by atoms with Gasteiger partial charge in [0.05, 0.1) is 25.1 Å². The Morgan fingerprint density at radius 1 is 1.44 bits per heavy atom. The van der Waals surface area contributed by atoms with Gasteiger partial charge < -0.3 is 4.74 Å². The molecule has 0 amide bonds. The van der Waals surface area contributed by atoms with Crippen molar-refractivity contribution in [3.63, 3.8) is 0 Å². The van der Waals surface area contributed by atoms with Crippen molar-refractivity contribution in [1.82, 2.24) is 9.78 Å². The summed E-state index contributed by atoms with van der Waals surface area (Å²) in [4.78, 5) is 11.2. The maximum atomic E-state index is 11.2. The van der Waals surface area contributed by atoms with Crippen LogP contribution in [0.5, 0.6) is 0 Å². The minimum atomic E-state index is -0.179.